The van der Waals surface area contributed by atoms with Gasteiger partial charge in [-0.25, -0.2) is 0 Å². The Hall–Kier alpha value is -0.540. The summed E-state index contributed by atoms with van der Waals surface area (Å²) >= 11 is 3.44. The maximum Gasteiger partial charge on any atom is 0.122 e. The highest BCUT2D eigenvalue weighted by molar-refractivity contribution is 9.10. The molecule has 3 heteroatoms. The van der Waals surface area contributed by atoms with Crippen molar-refractivity contribution in [3.63, 3.8) is 0 Å². The van der Waals surface area contributed by atoms with Crippen LogP contribution in [0.4, 0.5) is 0 Å². The third kappa shape index (κ3) is 2.95. The van der Waals surface area contributed by atoms with Gasteiger partial charge in [0.15, 0.2) is 0 Å². The fourth-order valence-corrected chi connectivity index (χ4v) is 2.17. The Kier molecular flexibility index (Phi) is 3.65. The summed E-state index contributed by atoms with van der Waals surface area (Å²) in [6.45, 7) is 4.55. The molecule has 0 bridgehead atoms. The van der Waals surface area contributed by atoms with Crippen molar-refractivity contribution in [2.45, 2.75) is 13.3 Å². The Bertz CT molecular complexity index is 332. The van der Waals surface area contributed by atoms with Crippen LogP contribution in [0.15, 0.2) is 22.7 Å². The van der Waals surface area contributed by atoms with E-state index in [1.165, 1.54) is 5.56 Å². The van der Waals surface area contributed by atoms with E-state index < -0.39 is 0 Å². The maximum atomic E-state index is 5.77. The predicted octanol–water partition coefficient (Wildman–Crippen LogP) is 3.17. The van der Waals surface area contributed by atoms with Crippen molar-refractivity contribution < 1.29 is 9.47 Å². The second kappa shape index (κ2) is 4.99. The second-order valence-corrected chi connectivity index (χ2v) is 4.87. The Morgan fingerprint density at radius 2 is 2.40 bits per heavy atom. The van der Waals surface area contributed by atoms with E-state index in [2.05, 4.69) is 28.9 Å². The SMILES string of the molecule is Cc1cc(Br)ccc1OCC1CCOC1. The average Bonchev–Trinajstić information content (AvgIpc) is 2.69. The highest BCUT2D eigenvalue weighted by Gasteiger charge is 2.16. The van der Waals surface area contributed by atoms with Crippen LogP contribution in [0.1, 0.15) is 12.0 Å². The van der Waals surface area contributed by atoms with Gasteiger partial charge in [-0.15, -0.1) is 0 Å². The molecule has 15 heavy (non-hydrogen) atoms. The first-order valence-corrected chi connectivity index (χ1v) is 6.01. The summed E-state index contributed by atoms with van der Waals surface area (Å²) in [5.74, 6) is 1.54. The molecular weight excluding hydrogens is 256 g/mol. The van der Waals surface area contributed by atoms with Crippen LogP contribution in [0.3, 0.4) is 0 Å². The van der Waals surface area contributed by atoms with Crippen molar-refractivity contribution in [3.8, 4) is 5.75 Å². The number of halogens is 1. The van der Waals surface area contributed by atoms with Gasteiger partial charge < -0.3 is 9.47 Å². The van der Waals surface area contributed by atoms with Crippen LogP contribution in [0.5, 0.6) is 5.75 Å². The van der Waals surface area contributed by atoms with Crippen molar-refractivity contribution in [1.82, 2.24) is 0 Å². The van der Waals surface area contributed by atoms with E-state index in [1.54, 1.807) is 0 Å². The minimum absolute atomic E-state index is 0.563. The molecule has 1 unspecified atom stereocenters. The van der Waals surface area contributed by atoms with E-state index >= 15 is 0 Å². The van der Waals surface area contributed by atoms with Gasteiger partial charge in [0.05, 0.1) is 13.2 Å². The lowest BCUT2D eigenvalue weighted by Gasteiger charge is -2.12. The minimum atomic E-state index is 0.563. The van der Waals surface area contributed by atoms with E-state index in [0.29, 0.717) is 5.92 Å². The van der Waals surface area contributed by atoms with Gasteiger partial charge in [-0.1, -0.05) is 15.9 Å². The number of aryl methyl sites for hydroxylation is 1. The van der Waals surface area contributed by atoms with Crippen molar-refractivity contribution in [2.24, 2.45) is 5.92 Å². The van der Waals surface area contributed by atoms with Crippen molar-refractivity contribution in [1.29, 1.82) is 0 Å². The van der Waals surface area contributed by atoms with Crippen LogP contribution < -0.4 is 4.74 Å². The number of hydrogen-bond acceptors (Lipinski definition) is 2. The van der Waals surface area contributed by atoms with Crippen LogP contribution in [-0.4, -0.2) is 19.8 Å². The molecule has 2 rings (SSSR count). The number of ether oxygens (including phenoxy) is 2. The predicted molar refractivity (Wildman–Crippen MR) is 63.3 cm³/mol. The lowest BCUT2D eigenvalue weighted by molar-refractivity contribution is 0.167. The first-order valence-electron chi connectivity index (χ1n) is 5.22. The largest absolute Gasteiger partial charge is 0.493 e. The van der Waals surface area contributed by atoms with Crippen molar-refractivity contribution in [2.75, 3.05) is 19.8 Å². The molecule has 1 aliphatic heterocycles. The molecule has 0 aromatic heterocycles. The van der Waals surface area contributed by atoms with Gasteiger partial charge in [-0.05, 0) is 37.1 Å². The third-order valence-electron chi connectivity index (χ3n) is 2.64. The molecule has 0 aliphatic carbocycles. The highest BCUT2D eigenvalue weighted by atomic mass is 79.9. The summed E-state index contributed by atoms with van der Waals surface area (Å²) in [6, 6.07) is 6.09. The summed E-state index contributed by atoms with van der Waals surface area (Å²) in [4.78, 5) is 0. The molecule has 2 nitrogen and oxygen atoms in total. The third-order valence-corrected chi connectivity index (χ3v) is 3.13. The van der Waals surface area contributed by atoms with Gasteiger partial charge in [0.25, 0.3) is 0 Å². The van der Waals surface area contributed by atoms with E-state index in [9.17, 15) is 0 Å². The van der Waals surface area contributed by atoms with E-state index in [4.69, 9.17) is 9.47 Å². The normalized spacial score (nSPS) is 20.5. The summed E-state index contributed by atoms with van der Waals surface area (Å²) in [5, 5.41) is 0. The molecule has 0 amide bonds. The van der Waals surface area contributed by atoms with Gasteiger partial charge in [0, 0.05) is 17.0 Å². The Labute approximate surface area is 98.7 Å². The summed E-state index contributed by atoms with van der Waals surface area (Å²) in [6.07, 6.45) is 1.12. The van der Waals surface area contributed by atoms with Crippen molar-refractivity contribution in [3.05, 3.63) is 28.2 Å². The summed E-state index contributed by atoms with van der Waals surface area (Å²) < 4.78 is 12.2. The molecule has 1 aromatic rings. The molecular formula is C12H15BrO2. The molecule has 1 aliphatic rings. The lowest BCUT2D eigenvalue weighted by Crippen LogP contribution is -2.12. The topological polar surface area (TPSA) is 18.5 Å². The Morgan fingerprint density at radius 1 is 1.53 bits per heavy atom. The van der Waals surface area contributed by atoms with Crippen LogP contribution in [0.2, 0.25) is 0 Å². The van der Waals surface area contributed by atoms with Crippen LogP contribution in [-0.2, 0) is 4.74 Å². The number of benzene rings is 1. The van der Waals surface area contributed by atoms with Gasteiger partial charge >= 0.3 is 0 Å². The van der Waals surface area contributed by atoms with Gasteiger partial charge in [0.1, 0.15) is 5.75 Å². The standard InChI is InChI=1S/C12H15BrO2/c1-9-6-11(13)2-3-12(9)15-8-10-4-5-14-7-10/h2-3,6,10H,4-5,7-8H2,1H3. The molecule has 82 valence electrons. The molecule has 1 saturated heterocycles. The molecule has 1 aromatic carbocycles. The van der Waals surface area contributed by atoms with E-state index in [-0.39, 0.29) is 0 Å². The maximum absolute atomic E-state index is 5.77. The first kappa shape index (κ1) is 11.0. The fraction of sp³-hybridized carbons (Fsp3) is 0.500. The molecule has 1 fully saturated rings. The molecule has 1 heterocycles. The molecule has 1 atom stereocenters. The second-order valence-electron chi connectivity index (χ2n) is 3.95. The molecule has 0 spiro atoms. The number of rotatable bonds is 3. The summed E-state index contributed by atoms with van der Waals surface area (Å²) in [5.41, 5.74) is 1.17. The molecule has 0 saturated carbocycles. The van der Waals surface area contributed by atoms with Gasteiger partial charge in [-0.2, -0.15) is 0 Å². The number of hydrogen-bond donors (Lipinski definition) is 0. The van der Waals surface area contributed by atoms with Gasteiger partial charge in [0.2, 0.25) is 0 Å². The minimum Gasteiger partial charge on any atom is -0.493 e. The lowest BCUT2D eigenvalue weighted by atomic mass is 10.1. The zero-order valence-corrected chi connectivity index (χ0v) is 10.4. The van der Waals surface area contributed by atoms with E-state index in [0.717, 1.165) is 36.5 Å². The van der Waals surface area contributed by atoms with Crippen LogP contribution in [0, 0.1) is 12.8 Å². The fourth-order valence-electron chi connectivity index (χ4n) is 1.70. The quantitative estimate of drug-likeness (QED) is 0.840. The monoisotopic (exact) mass is 270 g/mol. The van der Waals surface area contributed by atoms with Crippen LogP contribution >= 0.6 is 15.9 Å². The zero-order chi connectivity index (χ0) is 10.7. The first-order chi connectivity index (χ1) is 7.25. The zero-order valence-electron chi connectivity index (χ0n) is 8.83. The Balaban J connectivity index is 1.92. The van der Waals surface area contributed by atoms with Gasteiger partial charge in [-0.3, -0.25) is 0 Å². The smallest absolute Gasteiger partial charge is 0.122 e. The summed E-state index contributed by atoms with van der Waals surface area (Å²) in [7, 11) is 0. The highest BCUT2D eigenvalue weighted by Crippen LogP contribution is 2.23. The average molecular weight is 271 g/mol. The van der Waals surface area contributed by atoms with E-state index in [1.807, 2.05) is 12.1 Å². The molecule has 0 radical (unpaired) electrons. The van der Waals surface area contributed by atoms with Crippen LogP contribution in [0.25, 0.3) is 0 Å². The Morgan fingerprint density at radius 3 is 3.07 bits per heavy atom. The molecule has 0 N–H and O–H groups in total. The van der Waals surface area contributed by atoms with Crippen molar-refractivity contribution >= 4 is 15.9 Å².